The molecule has 0 fully saturated rings. The molecule has 12 aromatic rings. The molecule has 0 bridgehead atoms. The molecular weight excluding hydrogens is 1190 g/mol. The number of para-hydroxylation sites is 5. The third-order valence-electron chi connectivity index (χ3n) is 19.5. The molecule has 6 aliphatic heterocycles. The Morgan fingerprint density at radius 1 is 0.333 bits per heavy atom. The van der Waals surface area contributed by atoms with Crippen LogP contribution in [0.2, 0.25) is 20.5 Å². The van der Waals surface area contributed by atoms with E-state index in [0.717, 1.165) is 113 Å². The average molecular weight is 1260 g/mol. The monoisotopic (exact) mass is 1260 g/mol. The number of furan rings is 3. The van der Waals surface area contributed by atoms with Crippen LogP contribution in [0.4, 0.5) is 51.4 Å². The standard InChI is InChI=1S/C26H25BN4O.2C25H24BN5O/c1-17-14-15-21-22-16-18(2)31(27(4)25(22)32-26(21)28-17)30-19(3)29(20-10-6-5-7-11-20)23-12-8-9-13-24(23)30;1-16-12-13-20-21-15-17(2)31(26(4)23(21)32-25(20)28-16)30-18(3)29(19-9-6-5-7-10-19)24-22(30)11-8-14-27-24;1-16-12-13-20-21-15-17(2)31(26(4)23(21)32-25(20)28-16)30-18(3)29(19-9-6-5-7-10-19)22-11-8-14-27-24(22)30/h5-16,19H,1-4H3;2*5-15,18H,1-4H3/t19-;2*18-/m000/s1. The minimum absolute atomic E-state index is 0.00228. The van der Waals surface area contributed by atoms with E-state index in [2.05, 4.69) is 279 Å². The van der Waals surface area contributed by atoms with E-state index in [1.807, 2.05) is 69.6 Å². The zero-order valence-corrected chi connectivity index (χ0v) is 56.1. The van der Waals surface area contributed by atoms with Crippen molar-refractivity contribution in [2.24, 2.45) is 0 Å². The molecule has 14 heterocycles. The van der Waals surface area contributed by atoms with Crippen LogP contribution >= 0.6 is 0 Å². The fourth-order valence-electron chi connectivity index (χ4n) is 15.4. The summed E-state index contributed by atoms with van der Waals surface area (Å²) in [5.74, 6) is 1.90. The normalized spacial score (nSPS) is 17.6. The number of hydrogen-bond donors (Lipinski definition) is 0. The molecule has 20 heteroatoms. The van der Waals surface area contributed by atoms with Crippen LogP contribution in [0.25, 0.3) is 51.5 Å². The predicted molar refractivity (Wildman–Crippen MR) is 393 cm³/mol. The summed E-state index contributed by atoms with van der Waals surface area (Å²) in [7, 11) is 0. The van der Waals surface area contributed by atoms with Crippen LogP contribution in [0.5, 0.6) is 0 Å². The van der Waals surface area contributed by atoms with E-state index in [0.29, 0.717) is 17.1 Å². The number of fused-ring (bicyclic) bond motifs is 12. The molecule has 96 heavy (non-hydrogen) atoms. The van der Waals surface area contributed by atoms with Crippen molar-refractivity contribution in [1.29, 1.82) is 0 Å². The SMILES string of the molecule is CB1c2oc3nc(C)ccc3c2C=C(C)N1N1c2ccccc2N(c2ccccc2)[C@@H]1C.CB1c2oc3nc(C)ccc3c2C=C(C)N1N1c2cccnc2N(c2ccccc2)[C@@H]1C.CB1c2oc3nc(C)ccc3c2C=C(C)N1N1c2ncccc2N(c2ccccc2)[C@@H]1C. The quantitative estimate of drug-likeness (QED) is 0.146. The second-order valence-corrected chi connectivity index (χ2v) is 25.7. The largest absolute Gasteiger partial charge is 0.450 e. The Kier molecular flexibility index (Phi) is 14.6. The molecule has 474 valence electrons. The summed E-state index contributed by atoms with van der Waals surface area (Å²) in [6.45, 7) is 25.8. The number of allylic oxidation sites excluding steroid dienone is 3. The van der Waals surface area contributed by atoms with Gasteiger partial charge in [0.25, 0.3) is 0 Å². The van der Waals surface area contributed by atoms with Gasteiger partial charge in [-0.25, -0.2) is 24.9 Å². The highest BCUT2D eigenvalue weighted by atomic mass is 16.4. The van der Waals surface area contributed by atoms with Crippen molar-refractivity contribution in [2.75, 3.05) is 29.7 Å². The van der Waals surface area contributed by atoms with Crippen molar-refractivity contribution >= 4 is 140 Å². The van der Waals surface area contributed by atoms with Gasteiger partial charge >= 0.3 is 20.5 Å². The van der Waals surface area contributed by atoms with Gasteiger partial charge in [0.15, 0.2) is 11.6 Å². The molecular formula is C76H73B3N14O3. The lowest BCUT2D eigenvalue weighted by Gasteiger charge is -2.44. The Bertz CT molecular complexity index is 4600. The number of nitrogens with zero attached hydrogens (tertiary/aromatic N) is 14. The Balaban J connectivity index is 0.000000113. The van der Waals surface area contributed by atoms with Gasteiger partial charge in [0.1, 0.15) is 41.2 Å². The molecule has 17 nitrogen and oxygen atoms in total. The Labute approximate surface area is 560 Å². The van der Waals surface area contributed by atoms with Crippen LogP contribution in [-0.4, -0.2) is 78.7 Å². The van der Waals surface area contributed by atoms with Gasteiger partial charge in [-0.05, 0) is 190 Å². The Morgan fingerprint density at radius 2 is 0.667 bits per heavy atom. The van der Waals surface area contributed by atoms with Crippen LogP contribution in [-0.2, 0) is 0 Å². The Morgan fingerprint density at radius 3 is 1.11 bits per heavy atom. The number of anilines is 9. The number of aromatic nitrogens is 5. The lowest BCUT2D eigenvalue weighted by atomic mass is 9.58. The predicted octanol–water partition coefficient (Wildman–Crippen LogP) is 15.5. The minimum atomic E-state index is -0.00228. The van der Waals surface area contributed by atoms with Gasteiger partial charge in [-0.2, -0.15) is 0 Å². The number of rotatable bonds is 6. The first kappa shape index (κ1) is 59.8. The lowest BCUT2D eigenvalue weighted by molar-refractivity contribution is 0.436. The van der Waals surface area contributed by atoms with E-state index < -0.39 is 0 Å². The van der Waals surface area contributed by atoms with Gasteiger partial charge in [-0.1, -0.05) is 87.2 Å². The maximum Gasteiger partial charge on any atom is 0.353 e. The summed E-state index contributed by atoms with van der Waals surface area (Å²) < 4.78 is 18.9. The fraction of sp³-hybridized carbons (Fsp3) is 0.197. The first-order valence-corrected chi connectivity index (χ1v) is 33.2. The van der Waals surface area contributed by atoms with Gasteiger partial charge in [0.05, 0.1) is 17.1 Å². The molecule has 8 aromatic heterocycles. The van der Waals surface area contributed by atoms with E-state index in [1.54, 1.807) is 0 Å². The van der Waals surface area contributed by atoms with E-state index >= 15 is 0 Å². The molecule has 0 saturated heterocycles. The molecule has 0 amide bonds. The maximum atomic E-state index is 6.32. The van der Waals surface area contributed by atoms with Crippen LogP contribution in [0.15, 0.2) is 219 Å². The number of hydrogen-bond acceptors (Lipinski definition) is 17. The second-order valence-electron chi connectivity index (χ2n) is 25.7. The minimum Gasteiger partial charge on any atom is -0.450 e. The molecule has 0 N–H and O–H groups in total. The fourth-order valence-corrected chi connectivity index (χ4v) is 15.4. The molecule has 0 saturated carbocycles. The highest BCUT2D eigenvalue weighted by molar-refractivity contribution is 6.71. The van der Waals surface area contributed by atoms with Crippen molar-refractivity contribution in [1.82, 2.24) is 39.7 Å². The van der Waals surface area contributed by atoms with Gasteiger partial charge < -0.3 is 42.7 Å². The second kappa shape index (κ2) is 23.4. The van der Waals surface area contributed by atoms with Gasteiger partial charge in [-0.15, -0.1) is 0 Å². The van der Waals surface area contributed by atoms with Gasteiger partial charge in [0, 0.05) is 96.5 Å². The first-order valence-electron chi connectivity index (χ1n) is 33.2. The summed E-state index contributed by atoms with van der Waals surface area (Å²) >= 11 is 0. The lowest BCUT2D eigenvalue weighted by Crippen LogP contribution is -2.59. The zero-order chi connectivity index (χ0) is 65.9. The number of aryl methyl sites for hydroxylation is 3. The molecule has 0 spiro atoms. The third kappa shape index (κ3) is 9.57. The third-order valence-corrected chi connectivity index (χ3v) is 19.5. The van der Waals surface area contributed by atoms with E-state index in [1.165, 1.54) is 22.8 Å². The number of hydrazine groups is 3. The molecule has 4 aromatic carbocycles. The first-order chi connectivity index (χ1) is 46.6. The van der Waals surface area contributed by atoms with Crippen molar-refractivity contribution in [3.8, 4) is 0 Å². The smallest absolute Gasteiger partial charge is 0.353 e. The van der Waals surface area contributed by atoms with E-state index in [9.17, 15) is 0 Å². The summed E-state index contributed by atoms with van der Waals surface area (Å²) in [5.41, 5.74) is 22.8. The zero-order valence-electron chi connectivity index (χ0n) is 56.1. The van der Waals surface area contributed by atoms with Crippen molar-refractivity contribution in [3.05, 3.63) is 239 Å². The number of pyridine rings is 5. The summed E-state index contributed by atoms with van der Waals surface area (Å²) in [4.78, 5) is 37.4. The van der Waals surface area contributed by atoms with E-state index in [4.69, 9.17) is 23.2 Å². The number of benzene rings is 4. The molecule has 0 aliphatic carbocycles. The summed E-state index contributed by atoms with van der Waals surface area (Å²) in [5, 5.41) is 10.2. The summed E-state index contributed by atoms with van der Waals surface area (Å²) in [6, 6.07) is 60.9. The van der Waals surface area contributed by atoms with Crippen LogP contribution in [0, 0.1) is 20.8 Å². The molecule has 0 unspecified atom stereocenters. The van der Waals surface area contributed by atoms with Crippen molar-refractivity contribution in [3.63, 3.8) is 0 Å². The van der Waals surface area contributed by atoms with E-state index in [-0.39, 0.29) is 39.0 Å². The summed E-state index contributed by atoms with van der Waals surface area (Å²) in [6.07, 6.45) is 10.6. The van der Waals surface area contributed by atoms with Crippen LogP contribution in [0.1, 0.15) is 75.3 Å². The highest BCUT2D eigenvalue weighted by Gasteiger charge is 2.48. The average Bonchev–Trinajstić information content (AvgIpc) is 1.57. The highest BCUT2D eigenvalue weighted by Crippen LogP contribution is 2.49. The molecule has 3 atom stereocenters. The van der Waals surface area contributed by atoms with Crippen molar-refractivity contribution in [2.45, 2.75) is 101 Å². The molecule has 6 aliphatic rings. The molecule has 18 rings (SSSR count). The Hall–Kier alpha value is -11.1. The maximum absolute atomic E-state index is 6.32. The van der Waals surface area contributed by atoms with Gasteiger partial charge in [-0.3, -0.25) is 15.0 Å². The molecule has 0 radical (unpaired) electrons. The van der Waals surface area contributed by atoms with Crippen LogP contribution < -0.4 is 46.7 Å². The van der Waals surface area contributed by atoms with Crippen molar-refractivity contribution < 1.29 is 13.3 Å². The van der Waals surface area contributed by atoms with Gasteiger partial charge in [0.2, 0.25) is 17.1 Å². The van der Waals surface area contributed by atoms with Crippen LogP contribution in [0.3, 0.4) is 0 Å². The topological polar surface area (TPSA) is 133 Å².